The number of ether oxygens (including phenoxy) is 1. The summed E-state index contributed by atoms with van der Waals surface area (Å²) in [5.41, 5.74) is 1.15. The summed E-state index contributed by atoms with van der Waals surface area (Å²) in [6.45, 7) is 1.20. The Morgan fingerprint density at radius 1 is 1.27 bits per heavy atom. The van der Waals surface area contributed by atoms with Crippen molar-refractivity contribution in [2.24, 2.45) is 11.8 Å². The van der Waals surface area contributed by atoms with Crippen LogP contribution in [-0.4, -0.2) is 22.5 Å². The van der Waals surface area contributed by atoms with E-state index in [-0.39, 0.29) is 11.8 Å². The highest BCUT2D eigenvalue weighted by atomic mass is 79.9. The Balaban J connectivity index is 1.40. The van der Waals surface area contributed by atoms with Crippen LogP contribution >= 0.6 is 15.9 Å². The highest BCUT2D eigenvalue weighted by Gasteiger charge is 2.43. The maximum atomic E-state index is 12.1. The maximum Gasteiger partial charge on any atom is 0.229 e. The molecule has 0 unspecified atom stereocenters. The molecule has 0 spiro atoms. The third kappa shape index (κ3) is 4.11. The topological polar surface area (TPSA) is 64.1 Å². The molecule has 1 heterocycles. The van der Waals surface area contributed by atoms with Crippen molar-refractivity contribution in [3.8, 4) is 0 Å². The van der Waals surface area contributed by atoms with Crippen molar-refractivity contribution in [1.29, 1.82) is 0 Å². The van der Waals surface area contributed by atoms with E-state index in [0.717, 1.165) is 12.0 Å². The third-order valence-electron chi connectivity index (χ3n) is 3.57. The van der Waals surface area contributed by atoms with Crippen LogP contribution in [0.5, 0.6) is 0 Å². The summed E-state index contributed by atoms with van der Waals surface area (Å²) >= 11 is 3.21. The second-order valence-electron chi connectivity index (χ2n) is 5.32. The zero-order valence-corrected chi connectivity index (χ0v) is 13.5. The SMILES string of the molecule is O=C(Nc1cnc(Br)cn1)[C@H]1C[C@@H]1COCc1ccccc1. The van der Waals surface area contributed by atoms with Gasteiger partial charge in [0.1, 0.15) is 4.60 Å². The molecule has 1 aliphatic carbocycles. The molecule has 1 N–H and O–H groups in total. The number of carbonyl (C=O) groups is 1. The van der Waals surface area contributed by atoms with E-state index in [2.05, 4.69) is 31.2 Å². The molecule has 1 aromatic carbocycles. The van der Waals surface area contributed by atoms with Gasteiger partial charge < -0.3 is 10.1 Å². The number of benzene rings is 1. The average molecular weight is 362 g/mol. The van der Waals surface area contributed by atoms with Crippen molar-refractivity contribution in [3.05, 3.63) is 52.9 Å². The number of halogens is 1. The Bertz CT molecular complexity index is 634. The summed E-state index contributed by atoms with van der Waals surface area (Å²) in [7, 11) is 0. The summed E-state index contributed by atoms with van der Waals surface area (Å²) in [4.78, 5) is 20.2. The van der Waals surface area contributed by atoms with Crippen molar-refractivity contribution in [1.82, 2.24) is 9.97 Å². The molecule has 22 heavy (non-hydrogen) atoms. The molecule has 1 aliphatic rings. The number of anilines is 1. The molecular weight excluding hydrogens is 346 g/mol. The summed E-state index contributed by atoms with van der Waals surface area (Å²) in [5.74, 6) is 0.780. The number of amides is 1. The maximum absolute atomic E-state index is 12.1. The quantitative estimate of drug-likeness (QED) is 0.858. The van der Waals surface area contributed by atoms with Crippen molar-refractivity contribution < 1.29 is 9.53 Å². The van der Waals surface area contributed by atoms with Gasteiger partial charge in [-0.15, -0.1) is 0 Å². The van der Waals surface area contributed by atoms with Crippen LogP contribution in [0.15, 0.2) is 47.3 Å². The van der Waals surface area contributed by atoms with Gasteiger partial charge >= 0.3 is 0 Å². The normalized spacial score (nSPS) is 19.7. The Labute approximate surface area is 137 Å². The molecule has 0 radical (unpaired) electrons. The molecule has 1 fully saturated rings. The van der Waals surface area contributed by atoms with Gasteiger partial charge in [0, 0.05) is 5.92 Å². The number of nitrogens with zero attached hydrogens (tertiary/aromatic N) is 2. The van der Waals surface area contributed by atoms with Gasteiger partial charge in [0.2, 0.25) is 5.91 Å². The number of rotatable bonds is 6. The van der Waals surface area contributed by atoms with Gasteiger partial charge in [-0.2, -0.15) is 0 Å². The minimum atomic E-state index is -0.00932. The highest BCUT2D eigenvalue weighted by Crippen LogP contribution is 2.39. The molecule has 1 saturated carbocycles. The highest BCUT2D eigenvalue weighted by molar-refractivity contribution is 9.10. The zero-order chi connectivity index (χ0) is 15.4. The molecule has 0 bridgehead atoms. The van der Waals surface area contributed by atoms with Crippen LogP contribution in [0.25, 0.3) is 0 Å². The minimum Gasteiger partial charge on any atom is -0.376 e. The summed E-state index contributed by atoms with van der Waals surface area (Å²) in [5, 5.41) is 2.78. The van der Waals surface area contributed by atoms with Crippen molar-refractivity contribution >= 4 is 27.7 Å². The molecule has 0 aliphatic heterocycles. The predicted octanol–water partition coefficient (Wildman–Crippen LogP) is 3.03. The van der Waals surface area contributed by atoms with E-state index in [1.54, 1.807) is 6.20 Å². The molecule has 5 nitrogen and oxygen atoms in total. The molecule has 1 aromatic heterocycles. The summed E-state index contributed by atoms with van der Waals surface area (Å²) in [6.07, 6.45) is 3.96. The lowest BCUT2D eigenvalue weighted by Gasteiger charge is -2.05. The van der Waals surface area contributed by atoms with Gasteiger partial charge in [-0.05, 0) is 33.8 Å². The fraction of sp³-hybridized carbons (Fsp3) is 0.312. The van der Waals surface area contributed by atoms with Gasteiger partial charge in [0.25, 0.3) is 0 Å². The van der Waals surface area contributed by atoms with E-state index >= 15 is 0 Å². The molecule has 114 valence electrons. The minimum absolute atomic E-state index is 0.00932. The first kappa shape index (κ1) is 15.1. The molecule has 1 amide bonds. The van der Waals surface area contributed by atoms with Crippen LogP contribution in [0.2, 0.25) is 0 Å². The molecule has 2 aromatic rings. The van der Waals surface area contributed by atoms with Crippen LogP contribution in [0.4, 0.5) is 5.82 Å². The number of carbonyl (C=O) groups excluding carboxylic acids is 1. The van der Waals surface area contributed by atoms with Gasteiger partial charge in [0.15, 0.2) is 5.82 Å². The lowest BCUT2D eigenvalue weighted by atomic mass is 10.2. The van der Waals surface area contributed by atoms with Crippen LogP contribution in [0.1, 0.15) is 12.0 Å². The summed E-state index contributed by atoms with van der Waals surface area (Å²) < 4.78 is 6.32. The first-order chi connectivity index (χ1) is 10.7. The molecule has 3 rings (SSSR count). The van der Waals surface area contributed by atoms with Gasteiger partial charge in [0.05, 0.1) is 25.6 Å². The molecule has 0 saturated heterocycles. The Hall–Kier alpha value is -1.79. The van der Waals surface area contributed by atoms with Gasteiger partial charge in [-0.25, -0.2) is 9.97 Å². The third-order valence-corrected chi connectivity index (χ3v) is 3.98. The molecular formula is C16H16BrN3O2. The van der Waals surface area contributed by atoms with E-state index in [1.165, 1.54) is 6.20 Å². The second-order valence-corrected chi connectivity index (χ2v) is 6.13. The van der Waals surface area contributed by atoms with Crippen molar-refractivity contribution in [2.75, 3.05) is 11.9 Å². The van der Waals surface area contributed by atoms with Crippen molar-refractivity contribution in [2.45, 2.75) is 13.0 Å². The summed E-state index contributed by atoms with van der Waals surface area (Å²) in [6, 6.07) is 10.0. The van der Waals surface area contributed by atoms with E-state index < -0.39 is 0 Å². The largest absolute Gasteiger partial charge is 0.376 e. The average Bonchev–Trinajstić information content (AvgIpc) is 3.30. The smallest absolute Gasteiger partial charge is 0.229 e. The number of hydrogen-bond acceptors (Lipinski definition) is 4. The lowest BCUT2D eigenvalue weighted by Crippen LogP contribution is -2.16. The number of aromatic nitrogens is 2. The van der Waals surface area contributed by atoms with E-state index in [4.69, 9.17) is 4.74 Å². The Kier molecular flexibility index (Phi) is 4.80. The first-order valence-corrected chi connectivity index (χ1v) is 7.92. The number of nitrogens with one attached hydrogen (secondary N) is 1. The predicted molar refractivity (Wildman–Crippen MR) is 86.1 cm³/mol. The van der Waals surface area contributed by atoms with Crippen molar-refractivity contribution in [3.63, 3.8) is 0 Å². The standard InChI is InChI=1S/C16H16BrN3O2/c17-14-7-19-15(8-18-14)20-16(21)13-6-12(13)10-22-9-11-4-2-1-3-5-11/h1-5,7-8,12-13H,6,9-10H2,(H,19,20,21)/t12-,13+/m1/s1. The molecule has 2 atom stereocenters. The Morgan fingerprint density at radius 3 is 2.82 bits per heavy atom. The van der Waals surface area contributed by atoms with Gasteiger partial charge in [-0.3, -0.25) is 4.79 Å². The molecule has 6 heteroatoms. The van der Waals surface area contributed by atoms with Crippen LogP contribution < -0.4 is 5.32 Å². The van der Waals surface area contributed by atoms with E-state index in [9.17, 15) is 4.79 Å². The number of hydrogen-bond donors (Lipinski definition) is 1. The van der Waals surface area contributed by atoms with Crippen LogP contribution in [-0.2, 0) is 16.1 Å². The zero-order valence-electron chi connectivity index (χ0n) is 11.9. The van der Waals surface area contributed by atoms with E-state index in [0.29, 0.717) is 29.6 Å². The fourth-order valence-electron chi connectivity index (χ4n) is 2.25. The monoisotopic (exact) mass is 361 g/mol. The van der Waals surface area contributed by atoms with E-state index in [1.807, 2.05) is 30.3 Å². The lowest BCUT2D eigenvalue weighted by molar-refractivity contribution is -0.117. The first-order valence-electron chi connectivity index (χ1n) is 7.12. The second kappa shape index (κ2) is 6.98. The van der Waals surface area contributed by atoms with Crippen LogP contribution in [0.3, 0.4) is 0 Å². The Morgan fingerprint density at radius 2 is 2.09 bits per heavy atom. The van der Waals surface area contributed by atoms with Gasteiger partial charge in [-0.1, -0.05) is 30.3 Å². The van der Waals surface area contributed by atoms with Crippen LogP contribution in [0, 0.1) is 11.8 Å². The fourth-order valence-corrected chi connectivity index (χ4v) is 2.46.